The second-order valence-electron chi connectivity index (χ2n) is 8.34. The van der Waals surface area contributed by atoms with Crippen LogP contribution in [0.15, 0.2) is 85.1 Å². The van der Waals surface area contributed by atoms with Crippen LogP contribution in [0.2, 0.25) is 0 Å². The second kappa shape index (κ2) is 8.24. The topological polar surface area (TPSA) is 33.1 Å². The van der Waals surface area contributed by atoms with E-state index in [9.17, 15) is 0 Å². The van der Waals surface area contributed by atoms with Crippen molar-refractivity contribution in [3.05, 3.63) is 113 Å². The number of thiocarbonyl (C=S) groups is 1. The van der Waals surface area contributed by atoms with Gasteiger partial charge in [0.25, 0.3) is 0 Å². The summed E-state index contributed by atoms with van der Waals surface area (Å²) in [5, 5.41) is 4.29. The average molecular weight is 439 g/mol. The molecule has 4 nitrogen and oxygen atoms in total. The minimum Gasteiger partial charge on any atom is -0.351 e. The van der Waals surface area contributed by atoms with Crippen molar-refractivity contribution in [2.45, 2.75) is 32.9 Å². The fourth-order valence-corrected chi connectivity index (χ4v) is 4.87. The van der Waals surface area contributed by atoms with Crippen LogP contribution in [0.1, 0.15) is 40.3 Å². The van der Waals surface area contributed by atoms with Gasteiger partial charge in [-0.05, 0) is 92.6 Å². The monoisotopic (exact) mass is 438 g/mol. The average Bonchev–Trinajstić information content (AvgIpc) is 3.36. The van der Waals surface area contributed by atoms with Crippen LogP contribution in [0.5, 0.6) is 0 Å². The molecule has 0 bridgehead atoms. The minimum atomic E-state index is -0.0675. The van der Waals surface area contributed by atoms with E-state index in [-0.39, 0.29) is 12.1 Å². The highest BCUT2D eigenvalue weighted by Crippen LogP contribution is 2.43. The van der Waals surface area contributed by atoms with E-state index < -0.39 is 0 Å². The minimum absolute atomic E-state index is 0.0478. The van der Waals surface area contributed by atoms with Gasteiger partial charge in [-0.15, -0.1) is 0 Å². The summed E-state index contributed by atoms with van der Waals surface area (Å²) < 4.78 is 2.32. The zero-order valence-corrected chi connectivity index (χ0v) is 19.3. The number of anilines is 1. The van der Waals surface area contributed by atoms with Gasteiger partial charge in [0, 0.05) is 29.0 Å². The normalized spacial score (nSPS) is 18.1. The van der Waals surface area contributed by atoms with Crippen molar-refractivity contribution >= 4 is 23.0 Å². The van der Waals surface area contributed by atoms with Crippen molar-refractivity contribution < 1.29 is 0 Å². The number of rotatable bonds is 4. The van der Waals surface area contributed by atoms with Gasteiger partial charge in [-0.1, -0.05) is 30.3 Å². The van der Waals surface area contributed by atoms with Crippen LogP contribution in [0, 0.1) is 20.8 Å². The molecule has 2 atom stereocenters. The predicted octanol–water partition coefficient (Wildman–Crippen LogP) is 5.97. The maximum atomic E-state index is 5.90. The molecule has 2 aromatic carbocycles. The van der Waals surface area contributed by atoms with E-state index in [2.05, 4.69) is 101 Å². The number of aromatic nitrogens is 2. The van der Waals surface area contributed by atoms with Crippen molar-refractivity contribution in [2.24, 2.45) is 0 Å². The van der Waals surface area contributed by atoms with E-state index in [0.29, 0.717) is 5.11 Å². The summed E-state index contributed by atoms with van der Waals surface area (Å²) in [5.41, 5.74) is 8.09. The molecule has 160 valence electrons. The van der Waals surface area contributed by atoms with Crippen LogP contribution in [-0.2, 0) is 0 Å². The first-order valence-electron chi connectivity index (χ1n) is 10.9. The third-order valence-corrected chi connectivity index (χ3v) is 6.60. The Morgan fingerprint density at radius 3 is 2.31 bits per heavy atom. The van der Waals surface area contributed by atoms with Crippen LogP contribution >= 0.6 is 12.2 Å². The van der Waals surface area contributed by atoms with Gasteiger partial charge in [0.15, 0.2) is 5.11 Å². The molecule has 0 saturated carbocycles. The zero-order chi connectivity index (χ0) is 22.2. The maximum absolute atomic E-state index is 5.90. The first-order valence-corrected chi connectivity index (χ1v) is 11.3. The summed E-state index contributed by atoms with van der Waals surface area (Å²) in [7, 11) is 0. The number of benzene rings is 2. The lowest BCUT2D eigenvalue weighted by Gasteiger charge is -2.29. The number of pyridine rings is 1. The van der Waals surface area contributed by atoms with Crippen molar-refractivity contribution in [3.8, 4) is 5.69 Å². The third-order valence-electron chi connectivity index (χ3n) is 6.29. The number of hydrogen-bond acceptors (Lipinski definition) is 2. The van der Waals surface area contributed by atoms with Crippen LogP contribution in [-0.4, -0.2) is 14.7 Å². The van der Waals surface area contributed by atoms with Crippen LogP contribution in [0.25, 0.3) is 5.69 Å². The number of para-hydroxylation sites is 1. The summed E-state index contributed by atoms with van der Waals surface area (Å²) in [6, 6.07) is 27.4. The molecule has 1 saturated heterocycles. The largest absolute Gasteiger partial charge is 0.351 e. The van der Waals surface area contributed by atoms with Gasteiger partial charge < -0.3 is 14.8 Å². The van der Waals surface area contributed by atoms with E-state index >= 15 is 0 Å². The standard InChI is InChI=1S/C27H26N4S/c1-18-12-14-22(17-19(18)2)31-26(25(29-27(31)32)23-11-7-8-16-28-23)24-15-13-20(3)30(24)21-9-5-4-6-10-21/h4-17,25-26H,1-3H3,(H,29,32). The number of nitrogens with one attached hydrogen (secondary N) is 1. The summed E-state index contributed by atoms with van der Waals surface area (Å²) in [5.74, 6) is 0. The predicted molar refractivity (Wildman–Crippen MR) is 134 cm³/mol. The maximum Gasteiger partial charge on any atom is 0.174 e. The summed E-state index contributed by atoms with van der Waals surface area (Å²) in [4.78, 5) is 6.93. The van der Waals surface area contributed by atoms with Gasteiger partial charge >= 0.3 is 0 Å². The summed E-state index contributed by atoms with van der Waals surface area (Å²) in [6.07, 6.45) is 1.84. The lowest BCUT2D eigenvalue weighted by Crippen LogP contribution is -2.30. The first-order chi connectivity index (χ1) is 15.5. The SMILES string of the molecule is Cc1ccc(N2C(=S)NC(c3ccccn3)C2c2ccc(C)n2-c2ccccc2)cc1C. The Balaban J connectivity index is 1.71. The van der Waals surface area contributed by atoms with Crippen molar-refractivity contribution in [2.75, 3.05) is 4.90 Å². The molecule has 2 aromatic heterocycles. The Hall–Kier alpha value is -3.44. The van der Waals surface area contributed by atoms with Crippen molar-refractivity contribution in [1.82, 2.24) is 14.9 Å². The summed E-state index contributed by atoms with van der Waals surface area (Å²) >= 11 is 5.90. The van der Waals surface area contributed by atoms with E-state index in [0.717, 1.165) is 17.1 Å². The van der Waals surface area contributed by atoms with Crippen molar-refractivity contribution in [3.63, 3.8) is 0 Å². The number of hydrogen-bond donors (Lipinski definition) is 1. The molecule has 2 unspecified atom stereocenters. The van der Waals surface area contributed by atoms with Gasteiger partial charge in [0.1, 0.15) is 6.04 Å². The lowest BCUT2D eigenvalue weighted by molar-refractivity contribution is 0.548. The van der Waals surface area contributed by atoms with Crippen LogP contribution in [0.3, 0.4) is 0 Å². The Kier molecular flexibility index (Phi) is 5.27. The second-order valence-corrected chi connectivity index (χ2v) is 8.72. The summed E-state index contributed by atoms with van der Waals surface area (Å²) in [6.45, 7) is 6.43. The lowest BCUT2D eigenvalue weighted by atomic mass is 10.00. The van der Waals surface area contributed by atoms with E-state index in [1.807, 2.05) is 24.4 Å². The molecule has 4 aromatic rings. The van der Waals surface area contributed by atoms with Gasteiger partial charge in [-0.2, -0.15) is 0 Å². The van der Waals surface area contributed by atoms with Crippen molar-refractivity contribution in [1.29, 1.82) is 0 Å². The van der Waals surface area contributed by atoms with Gasteiger partial charge in [0.2, 0.25) is 0 Å². The molecule has 3 heterocycles. The van der Waals surface area contributed by atoms with Gasteiger partial charge in [-0.25, -0.2) is 0 Å². The molecule has 1 N–H and O–H groups in total. The molecule has 32 heavy (non-hydrogen) atoms. The molecule has 1 aliphatic rings. The molecular weight excluding hydrogens is 412 g/mol. The highest BCUT2D eigenvalue weighted by atomic mass is 32.1. The molecule has 5 rings (SSSR count). The number of nitrogens with zero attached hydrogens (tertiary/aromatic N) is 3. The smallest absolute Gasteiger partial charge is 0.174 e. The molecule has 0 radical (unpaired) electrons. The van der Waals surface area contributed by atoms with Gasteiger partial charge in [-0.3, -0.25) is 4.98 Å². The van der Waals surface area contributed by atoms with E-state index in [1.54, 1.807) is 0 Å². The molecule has 1 fully saturated rings. The van der Waals surface area contributed by atoms with Crippen LogP contribution in [0.4, 0.5) is 5.69 Å². The molecule has 5 heteroatoms. The molecule has 1 aliphatic heterocycles. The van der Waals surface area contributed by atoms with E-state index in [4.69, 9.17) is 12.2 Å². The zero-order valence-electron chi connectivity index (χ0n) is 18.5. The first kappa shape index (κ1) is 20.5. The highest BCUT2D eigenvalue weighted by molar-refractivity contribution is 7.80. The molecule has 0 amide bonds. The molecular formula is C27H26N4S. The number of aryl methyl sites for hydroxylation is 3. The fraction of sp³-hybridized carbons (Fsp3) is 0.185. The highest BCUT2D eigenvalue weighted by Gasteiger charge is 2.42. The Morgan fingerprint density at radius 1 is 0.812 bits per heavy atom. The fourth-order valence-electron chi connectivity index (χ4n) is 4.53. The Labute approximate surface area is 194 Å². The van der Waals surface area contributed by atoms with E-state index in [1.165, 1.54) is 22.5 Å². The van der Waals surface area contributed by atoms with Crippen LogP contribution < -0.4 is 10.2 Å². The molecule has 0 aliphatic carbocycles. The Morgan fingerprint density at radius 2 is 1.59 bits per heavy atom. The quantitative estimate of drug-likeness (QED) is 0.398. The van der Waals surface area contributed by atoms with Gasteiger partial charge in [0.05, 0.1) is 11.7 Å². The third kappa shape index (κ3) is 3.49. The molecule has 0 spiro atoms. The Bertz CT molecular complexity index is 1260.